The second-order valence-corrected chi connectivity index (χ2v) is 6.88. The van der Waals surface area contributed by atoms with Crippen molar-refractivity contribution in [3.05, 3.63) is 47.0 Å². The predicted octanol–water partition coefficient (Wildman–Crippen LogP) is 1.33. The van der Waals surface area contributed by atoms with E-state index in [0.717, 1.165) is 50.3 Å². The third kappa shape index (κ3) is 4.40. The zero-order valence-corrected chi connectivity index (χ0v) is 16.2. The van der Waals surface area contributed by atoms with Crippen molar-refractivity contribution in [1.82, 2.24) is 29.9 Å². The maximum atomic E-state index is 4.44. The van der Waals surface area contributed by atoms with Crippen molar-refractivity contribution in [3.8, 4) is 0 Å². The van der Waals surface area contributed by atoms with E-state index in [4.69, 9.17) is 0 Å². The molecule has 26 heavy (non-hydrogen) atoms. The molecular weight excluding hydrogens is 326 g/mol. The van der Waals surface area contributed by atoms with Gasteiger partial charge >= 0.3 is 0 Å². The summed E-state index contributed by atoms with van der Waals surface area (Å²) in [5, 5.41) is 11.7. The van der Waals surface area contributed by atoms with Crippen LogP contribution in [0.15, 0.2) is 29.3 Å². The lowest BCUT2D eigenvalue weighted by Gasteiger charge is -2.36. The average molecular weight is 355 g/mol. The molecular formula is C19H29N7. The monoisotopic (exact) mass is 355 g/mol. The molecule has 140 valence electrons. The van der Waals surface area contributed by atoms with Gasteiger partial charge in [0.25, 0.3) is 0 Å². The molecule has 7 heteroatoms. The number of hydrogen-bond acceptors (Lipinski definition) is 4. The predicted molar refractivity (Wildman–Crippen MR) is 104 cm³/mol. The quantitative estimate of drug-likeness (QED) is 0.662. The van der Waals surface area contributed by atoms with Crippen molar-refractivity contribution in [2.45, 2.75) is 26.9 Å². The Bertz CT molecular complexity index is 757. The first-order chi connectivity index (χ1) is 12.6. The van der Waals surface area contributed by atoms with Gasteiger partial charge in [-0.1, -0.05) is 29.8 Å². The van der Waals surface area contributed by atoms with E-state index in [9.17, 15) is 0 Å². The van der Waals surface area contributed by atoms with Crippen molar-refractivity contribution in [1.29, 1.82) is 0 Å². The zero-order valence-electron chi connectivity index (χ0n) is 16.2. The van der Waals surface area contributed by atoms with Crippen molar-refractivity contribution >= 4 is 5.96 Å². The van der Waals surface area contributed by atoms with Crippen LogP contribution in [0.25, 0.3) is 0 Å². The maximum absolute atomic E-state index is 4.44. The van der Waals surface area contributed by atoms with Crippen molar-refractivity contribution < 1.29 is 0 Å². The molecule has 1 fully saturated rings. The van der Waals surface area contributed by atoms with E-state index < -0.39 is 0 Å². The summed E-state index contributed by atoms with van der Waals surface area (Å²) in [5.74, 6) is 2.77. The van der Waals surface area contributed by atoms with Crippen LogP contribution in [0.3, 0.4) is 0 Å². The summed E-state index contributed by atoms with van der Waals surface area (Å²) >= 11 is 0. The number of aliphatic imine (C=N–C) groups is 1. The lowest BCUT2D eigenvalue weighted by atomic mass is 10.1. The summed E-state index contributed by atoms with van der Waals surface area (Å²) in [6, 6.07) is 8.77. The van der Waals surface area contributed by atoms with Crippen LogP contribution in [0.1, 0.15) is 22.8 Å². The Morgan fingerprint density at radius 2 is 1.92 bits per heavy atom. The van der Waals surface area contributed by atoms with Gasteiger partial charge in [0.15, 0.2) is 11.8 Å². The van der Waals surface area contributed by atoms with Crippen molar-refractivity contribution in [2.24, 2.45) is 12.0 Å². The van der Waals surface area contributed by atoms with Crippen molar-refractivity contribution in [2.75, 3.05) is 33.2 Å². The first-order valence-electron chi connectivity index (χ1n) is 9.15. The smallest absolute Gasteiger partial charge is 0.194 e. The summed E-state index contributed by atoms with van der Waals surface area (Å²) in [6.45, 7) is 9.78. The maximum Gasteiger partial charge on any atom is 0.194 e. The highest BCUT2D eigenvalue weighted by atomic mass is 15.4. The van der Waals surface area contributed by atoms with Crippen LogP contribution in [-0.2, 0) is 20.1 Å². The molecule has 0 unspecified atom stereocenters. The summed E-state index contributed by atoms with van der Waals surface area (Å²) in [6.07, 6.45) is 0. The Morgan fingerprint density at radius 3 is 2.54 bits per heavy atom. The number of rotatable bonds is 4. The molecule has 0 amide bonds. The Morgan fingerprint density at radius 1 is 1.15 bits per heavy atom. The van der Waals surface area contributed by atoms with Gasteiger partial charge in [-0.2, -0.15) is 0 Å². The number of guanidine groups is 1. The van der Waals surface area contributed by atoms with Gasteiger partial charge in [0.1, 0.15) is 5.82 Å². The van der Waals surface area contributed by atoms with Crippen LogP contribution in [0, 0.1) is 13.8 Å². The van der Waals surface area contributed by atoms with Crippen LogP contribution < -0.4 is 5.32 Å². The van der Waals surface area contributed by atoms with Gasteiger partial charge in [-0.25, -0.2) is 0 Å². The molecule has 2 aromatic rings. The number of benzene rings is 1. The highest BCUT2D eigenvalue weighted by Crippen LogP contribution is 2.10. The molecule has 0 saturated carbocycles. The fourth-order valence-corrected chi connectivity index (χ4v) is 3.28. The van der Waals surface area contributed by atoms with E-state index in [-0.39, 0.29) is 0 Å². The summed E-state index contributed by atoms with van der Waals surface area (Å²) in [5.41, 5.74) is 2.71. The number of piperazine rings is 1. The molecule has 7 nitrogen and oxygen atoms in total. The summed E-state index contributed by atoms with van der Waals surface area (Å²) in [4.78, 5) is 9.26. The molecule has 0 bridgehead atoms. The Labute approximate surface area is 155 Å². The molecule has 0 radical (unpaired) electrons. The lowest BCUT2D eigenvalue weighted by molar-refractivity contribution is 0.172. The first kappa shape index (κ1) is 18.4. The molecule has 0 spiro atoms. The van der Waals surface area contributed by atoms with E-state index in [1.165, 1.54) is 11.1 Å². The summed E-state index contributed by atoms with van der Waals surface area (Å²) in [7, 11) is 3.82. The van der Waals surface area contributed by atoms with Crippen LogP contribution in [0.2, 0.25) is 0 Å². The Balaban J connectivity index is 1.50. The lowest BCUT2D eigenvalue weighted by Crippen LogP contribution is -2.52. The normalized spacial score (nSPS) is 16.2. The molecule has 0 atom stereocenters. The van der Waals surface area contributed by atoms with E-state index in [1.807, 2.05) is 25.6 Å². The fraction of sp³-hybridized carbons (Fsp3) is 0.526. The summed E-state index contributed by atoms with van der Waals surface area (Å²) < 4.78 is 2.00. The number of nitrogens with one attached hydrogen (secondary N) is 1. The van der Waals surface area contributed by atoms with E-state index in [1.54, 1.807) is 0 Å². The van der Waals surface area contributed by atoms with Gasteiger partial charge < -0.3 is 14.8 Å². The molecule has 1 aromatic carbocycles. The number of nitrogens with zero attached hydrogens (tertiary/aromatic N) is 6. The number of hydrogen-bond donors (Lipinski definition) is 1. The first-order valence-corrected chi connectivity index (χ1v) is 9.15. The second kappa shape index (κ2) is 8.31. The van der Waals surface area contributed by atoms with Crippen LogP contribution in [0.4, 0.5) is 0 Å². The standard InChI is InChI=1S/C19H29N7/c1-15-6-5-7-17(12-15)14-25-8-10-26(11-9-25)19(20-3)21-13-18-23-22-16(2)24(18)4/h5-7,12H,8-11,13-14H2,1-4H3,(H,20,21). The van der Waals surface area contributed by atoms with Crippen LogP contribution >= 0.6 is 0 Å². The van der Waals surface area contributed by atoms with E-state index in [2.05, 4.69) is 61.5 Å². The van der Waals surface area contributed by atoms with Gasteiger partial charge in [-0.15, -0.1) is 10.2 Å². The molecule has 1 aliphatic rings. The van der Waals surface area contributed by atoms with Gasteiger partial charge in [-0.05, 0) is 19.4 Å². The SMILES string of the molecule is CN=C(NCc1nnc(C)n1C)N1CCN(Cc2cccc(C)c2)CC1. The second-order valence-electron chi connectivity index (χ2n) is 6.88. The minimum atomic E-state index is 0.632. The molecule has 2 heterocycles. The third-order valence-electron chi connectivity index (χ3n) is 4.96. The Kier molecular flexibility index (Phi) is 5.88. The average Bonchev–Trinajstić information content (AvgIpc) is 2.96. The highest BCUT2D eigenvalue weighted by molar-refractivity contribution is 5.79. The van der Waals surface area contributed by atoms with Crippen molar-refractivity contribution in [3.63, 3.8) is 0 Å². The third-order valence-corrected chi connectivity index (χ3v) is 4.96. The molecule has 0 aliphatic carbocycles. The molecule has 1 saturated heterocycles. The largest absolute Gasteiger partial charge is 0.349 e. The zero-order chi connectivity index (χ0) is 18.5. The van der Waals surface area contributed by atoms with Crippen LogP contribution in [0.5, 0.6) is 0 Å². The van der Waals surface area contributed by atoms with Gasteiger partial charge in [-0.3, -0.25) is 9.89 Å². The fourth-order valence-electron chi connectivity index (χ4n) is 3.28. The van der Waals surface area contributed by atoms with Gasteiger partial charge in [0.05, 0.1) is 6.54 Å². The van der Waals surface area contributed by atoms with Gasteiger partial charge in [0.2, 0.25) is 0 Å². The van der Waals surface area contributed by atoms with E-state index in [0.29, 0.717) is 6.54 Å². The topological polar surface area (TPSA) is 61.6 Å². The Hall–Kier alpha value is -2.41. The number of aryl methyl sites for hydroxylation is 2. The highest BCUT2D eigenvalue weighted by Gasteiger charge is 2.20. The van der Waals surface area contributed by atoms with E-state index >= 15 is 0 Å². The van der Waals surface area contributed by atoms with Crippen LogP contribution in [-0.4, -0.2) is 63.8 Å². The number of aromatic nitrogens is 3. The minimum absolute atomic E-state index is 0.632. The molecule has 3 rings (SSSR count). The molecule has 1 N–H and O–H groups in total. The molecule has 1 aliphatic heterocycles. The van der Waals surface area contributed by atoms with Gasteiger partial charge in [0, 0.05) is 46.8 Å². The minimum Gasteiger partial charge on any atom is -0.349 e. The molecule has 1 aromatic heterocycles.